The van der Waals surface area contributed by atoms with E-state index in [0.717, 1.165) is 31.8 Å². The Balaban J connectivity index is 1.76. The summed E-state index contributed by atoms with van der Waals surface area (Å²) < 4.78 is 2.13. The van der Waals surface area contributed by atoms with Gasteiger partial charge < -0.3 is 15.0 Å². The van der Waals surface area contributed by atoms with Crippen LogP contribution in [0.15, 0.2) is 12.5 Å². The maximum absolute atomic E-state index is 10.6. The summed E-state index contributed by atoms with van der Waals surface area (Å²) in [5, 5.41) is 13.9. The first-order chi connectivity index (χ1) is 9.17. The van der Waals surface area contributed by atoms with Crippen LogP contribution in [-0.2, 0) is 13.1 Å². The number of hydrogen-bond donors (Lipinski definition) is 2. The summed E-state index contributed by atoms with van der Waals surface area (Å²) in [6.45, 7) is 6.79. The van der Waals surface area contributed by atoms with Crippen LogP contribution in [0.3, 0.4) is 0 Å². The second-order valence-corrected chi connectivity index (χ2v) is 5.85. The normalized spacial score (nSPS) is 27.6. The van der Waals surface area contributed by atoms with Crippen molar-refractivity contribution in [3.63, 3.8) is 0 Å². The van der Waals surface area contributed by atoms with Crippen LogP contribution in [0.1, 0.15) is 51.6 Å². The molecule has 1 aliphatic carbocycles. The summed E-state index contributed by atoms with van der Waals surface area (Å²) in [4.78, 5) is 4.16. The first-order valence-electron chi connectivity index (χ1n) is 7.59. The highest BCUT2D eigenvalue weighted by Gasteiger charge is 2.32. The highest BCUT2D eigenvalue weighted by atomic mass is 16.3. The number of imidazole rings is 1. The molecule has 0 saturated heterocycles. The van der Waals surface area contributed by atoms with E-state index in [0.29, 0.717) is 6.54 Å². The molecule has 2 N–H and O–H groups in total. The maximum Gasteiger partial charge on any atom is 0.0948 e. The average Bonchev–Trinajstić information content (AvgIpc) is 2.87. The smallest absolute Gasteiger partial charge is 0.0948 e. The molecule has 1 fully saturated rings. The Morgan fingerprint density at radius 3 is 2.79 bits per heavy atom. The van der Waals surface area contributed by atoms with Gasteiger partial charge in [0.1, 0.15) is 0 Å². The van der Waals surface area contributed by atoms with E-state index in [1.807, 2.05) is 12.5 Å². The van der Waals surface area contributed by atoms with E-state index < -0.39 is 5.60 Å². The van der Waals surface area contributed by atoms with Gasteiger partial charge in [-0.25, -0.2) is 4.98 Å². The Morgan fingerprint density at radius 2 is 2.16 bits per heavy atom. The Labute approximate surface area is 116 Å². The zero-order valence-corrected chi connectivity index (χ0v) is 12.2. The van der Waals surface area contributed by atoms with Gasteiger partial charge in [-0.1, -0.05) is 13.3 Å². The lowest BCUT2D eigenvalue weighted by molar-refractivity contribution is -0.00890. The molecule has 19 heavy (non-hydrogen) atoms. The van der Waals surface area contributed by atoms with E-state index in [4.69, 9.17) is 0 Å². The van der Waals surface area contributed by atoms with Gasteiger partial charge in [0.2, 0.25) is 0 Å². The van der Waals surface area contributed by atoms with Crippen molar-refractivity contribution < 1.29 is 5.11 Å². The van der Waals surface area contributed by atoms with Gasteiger partial charge in [-0.15, -0.1) is 0 Å². The monoisotopic (exact) mass is 265 g/mol. The Kier molecular flexibility index (Phi) is 4.99. The molecule has 0 bridgehead atoms. The van der Waals surface area contributed by atoms with Crippen molar-refractivity contribution in [3.05, 3.63) is 18.2 Å². The average molecular weight is 265 g/mol. The van der Waals surface area contributed by atoms with Gasteiger partial charge in [0.15, 0.2) is 0 Å². The molecule has 1 aliphatic rings. The van der Waals surface area contributed by atoms with E-state index in [1.165, 1.54) is 25.0 Å². The summed E-state index contributed by atoms with van der Waals surface area (Å²) in [6, 6.07) is 0. The van der Waals surface area contributed by atoms with Crippen LogP contribution in [0.25, 0.3) is 0 Å². The summed E-state index contributed by atoms with van der Waals surface area (Å²) in [5.74, 6) is 0.821. The third kappa shape index (κ3) is 3.80. The molecule has 108 valence electrons. The molecule has 0 radical (unpaired) electrons. The van der Waals surface area contributed by atoms with E-state index in [9.17, 15) is 5.11 Å². The molecule has 1 aromatic rings. The van der Waals surface area contributed by atoms with Crippen molar-refractivity contribution in [2.45, 2.75) is 64.6 Å². The van der Waals surface area contributed by atoms with E-state index >= 15 is 0 Å². The minimum atomic E-state index is -0.497. The van der Waals surface area contributed by atoms with Crippen molar-refractivity contribution in [3.8, 4) is 0 Å². The molecule has 2 rings (SSSR count). The Bertz CT molecular complexity index is 380. The van der Waals surface area contributed by atoms with Crippen molar-refractivity contribution >= 4 is 0 Å². The van der Waals surface area contributed by atoms with Gasteiger partial charge in [0, 0.05) is 25.8 Å². The van der Waals surface area contributed by atoms with Gasteiger partial charge in [-0.3, -0.25) is 0 Å². The van der Waals surface area contributed by atoms with Crippen LogP contribution in [0.2, 0.25) is 0 Å². The topological polar surface area (TPSA) is 50.1 Å². The molecule has 0 spiro atoms. The van der Waals surface area contributed by atoms with Crippen LogP contribution in [0, 0.1) is 5.92 Å². The molecule has 4 nitrogen and oxygen atoms in total. The zero-order valence-electron chi connectivity index (χ0n) is 12.2. The molecule has 0 atom stereocenters. The first-order valence-corrected chi connectivity index (χ1v) is 7.59. The summed E-state index contributed by atoms with van der Waals surface area (Å²) in [7, 11) is 0. The molecule has 1 saturated carbocycles. The molecule has 0 amide bonds. The van der Waals surface area contributed by atoms with Gasteiger partial charge in [-0.2, -0.15) is 0 Å². The highest BCUT2D eigenvalue weighted by molar-refractivity contribution is 4.98. The van der Waals surface area contributed by atoms with Crippen LogP contribution < -0.4 is 5.32 Å². The molecular formula is C15H27N3O. The fourth-order valence-electron chi connectivity index (χ4n) is 3.00. The summed E-state index contributed by atoms with van der Waals surface area (Å²) in [6.07, 6.45) is 9.21. The largest absolute Gasteiger partial charge is 0.389 e. The fourth-order valence-corrected chi connectivity index (χ4v) is 3.00. The summed E-state index contributed by atoms with van der Waals surface area (Å²) >= 11 is 0. The number of aryl methyl sites for hydroxylation is 1. The molecule has 4 heteroatoms. The van der Waals surface area contributed by atoms with Crippen LogP contribution >= 0.6 is 0 Å². The third-order valence-electron chi connectivity index (χ3n) is 4.51. The van der Waals surface area contributed by atoms with Crippen molar-refractivity contribution in [2.75, 3.05) is 6.54 Å². The minimum absolute atomic E-state index is 0.497. The molecule has 1 aromatic heterocycles. The van der Waals surface area contributed by atoms with E-state index in [1.54, 1.807) is 0 Å². The Hall–Kier alpha value is -0.870. The highest BCUT2D eigenvalue weighted by Crippen LogP contribution is 2.33. The minimum Gasteiger partial charge on any atom is -0.389 e. The second-order valence-electron chi connectivity index (χ2n) is 5.85. The van der Waals surface area contributed by atoms with Crippen LogP contribution in [0.5, 0.6) is 0 Å². The molecule has 0 unspecified atom stereocenters. The number of nitrogens with zero attached hydrogens (tertiary/aromatic N) is 2. The third-order valence-corrected chi connectivity index (χ3v) is 4.51. The number of rotatable bonds is 6. The van der Waals surface area contributed by atoms with E-state index in [2.05, 4.69) is 28.7 Å². The lowest BCUT2D eigenvalue weighted by Gasteiger charge is -2.36. The van der Waals surface area contributed by atoms with Crippen molar-refractivity contribution in [2.24, 2.45) is 5.92 Å². The maximum atomic E-state index is 10.6. The standard InChI is InChI=1S/C15H27N3O/c1-3-13-5-7-15(19,8-6-13)11-16-9-14-10-17-12-18(14)4-2/h10,12-13,16,19H,3-9,11H2,1-2H3. The number of hydrogen-bond acceptors (Lipinski definition) is 3. The molecule has 0 aliphatic heterocycles. The van der Waals surface area contributed by atoms with E-state index in [-0.39, 0.29) is 0 Å². The summed E-state index contributed by atoms with van der Waals surface area (Å²) in [5.41, 5.74) is 0.691. The predicted octanol–water partition coefficient (Wildman–Crippen LogP) is 2.32. The SMILES string of the molecule is CCC1CCC(O)(CNCc2cncn2CC)CC1. The molecule has 0 aromatic carbocycles. The van der Waals surface area contributed by atoms with Gasteiger partial charge in [0.25, 0.3) is 0 Å². The fraction of sp³-hybridized carbons (Fsp3) is 0.800. The number of aliphatic hydroxyl groups is 1. The quantitative estimate of drug-likeness (QED) is 0.830. The zero-order chi connectivity index (χ0) is 13.7. The second kappa shape index (κ2) is 6.53. The lowest BCUT2D eigenvalue weighted by Crippen LogP contribution is -2.43. The first kappa shape index (κ1) is 14.5. The lowest BCUT2D eigenvalue weighted by atomic mass is 9.78. The number of nitrogens with one attached hydrogen (secondary N) is 1. The van der Waals surface area contributed by atoms with Gasteiger partial charge in [0.05, 0.1) is 17.6 Å². The van der Waals surface area contributed by atoms with Crippen molar-refractivity contribution in [1.82, 2.24) is 14.9 Å². The number of aromatic nitrogens is 2. The van der Waals surface area contributed by atoms with Crippen molar-refractivity contribution in [1.29, 1.82) is 0 Å². The Morgan fingerprint density at radius 1 is 1.42 bits per heavy atom. The molecule has 1 heterocycles. The van der Waals surface area contributed by atoms with Crippen LogP contribution in [-0.4, -0.2) is 26.8 Å². The van der Waals surface area contributed by atoms with Gasteiger partial charge in [-0.05, 0) is 38.5 Å². The van der Waals surface area contributed by atoms with Gasteiger partial charge >= 0.3 is 0 Å². The predicted molar refractivity (Wildman–Crippen MR) is 76.8 cm³/mol. The molecular weight excluding hydrogens is 238 g/mol. The van der Waals surface area contributed by atoms with Crippen LogP contribution in [0.4, 0.5) is 0 Å².